The summed E-state index contributed by atoms with van der Waals surface area (Å²) in [6, 6.07) is 15.2. The van der Waals surface area contributed by atoms with E-state index in [-0.39, 0.29) is 5.41 Å². The van der Waals surface area contributed by atoms with Crippen LogP contribution in [0.4, 0.5) is 0 Å². The van der Waals surface area contributed by atoms with Gasteiger partial charge in [0.2, 0.25) is 5.78 Å². The average molecular weight is 352 g/mol. The number of hydrogen-bond acceptors (Lipinski definition) is 3. The summed E-state index contributed by atoms with van der Waals surface area (Å²) in [6.45, 7) is 6.77. The van der Waals surface area contributed by atoms with E-state index in [4.69, 9.17) is 4.98 Å². The molecule has 0 bridgehead atoms. The smallest absolute Gasteiger partial charge is 0.234 e. The molecular formula is C23H20N4. The first-order valence-electron chi connectivity index (χ1n) is 9.12. The van der Waals surface area contributed by atoms with Gasteiger partial charge in [0.25, 0.3) is 0 Å². The number of rotatable bonds is 1. The number of pyridine rings is 1. The summed E-state index contributed by atoms with van der Waals surface area (Å²) in [7, 11) is 0. The van der Waals surface area contributed by atoms with Gasteiger partial charge < -0.3 is 0 Å². The molecule has 0 aliphatic carbocycles. The lowest BCUT2D eigenvalue weighted by Gasteiger charge is -2.22. The molecule has 5 aromatic rings. The van der Waals surface area contributed by atoms with E-state index < -0.39 is 0 Å². The highest BCUT2D eigenvalue weighted by molar-refractivity contribution is 5.92. The van der Waals surface area contributed by atoms with Crippen LogP contribution in [-0.2, 0) is 5.41 Å². The number of imidazole rings is 1. The first-order chi connectivity index (χ1) is 13.0. The van der Waals surface area contributed by atoms with Gasteiger partial charge in [-0.25, -0.2) is 9.97 Å². The lowest BCUT2D eigenvalue weighted by molar-refractivity contribution is 0.596. The lowest BCUT2D eigenvalue weighted by Crippen LogP contribution is -2.12. The van der Waals surface area contributed by atoms with Gasteiger partial charge in [-0.1, -0.05) is 45.0 Å². The summed E-state index contributed by atoms with van der Waals surface area (Å²) in [4.78, 5) is 13.4. The minimum Gasteiger partial charge on any atom is -0.284 e. The van der Waals surface area contributed by atoms with Crippen molar-refractivity contribution in [1.29, 1.82) is 0 Å². The Bertz CT molecular complexity index is 1310. The average Bonchev–Trinajstić information content (AvgIpc) is 3.15. The van der Waals surface area contributed by atoms with Crippen molar-refractivity contribution in [2.24, 2.45) is 0 Å². The summed E-state index contributed by atoms with van der Waals surface area (Å²) in [6.07, 6.45) is 7.43. The summed E-state index contributed by atoms with van der Waals surface area (Å²) >= 11 is 0. The maximum atomic E-state index is 4.72. The van der Waals surface area contributed by atoms with Crippen molar-refractivity contribution in [3.63, 3.8) is 0 Å². The number of nitrogens with zero attached hydrogens (tertiary/aromatic N) is 4. The summed E-state index contributed by atoms with van der Waals surface area (Å²) in [5, 5.41) is 3.54. The van der Waals surface area contributed by atoms with Crippen molar-refractivity contribution in [2.45, 2.75) is 26.2 Å². The van der Waals surface area contributed by atoms with Crippen LogP contribution in [0.3, 0.4) is 0 Å². The van der Waals surface area contributed by atoms with E-state index in [9.17, 15) is 0 Å². The minimum atomic E-state index is 0.0496. The molecule has 0 radical (unpaired) electrons. The van der Waals surface area contributed by atoms with Crippen molar-refractivity contribution in [3.8, 4) is 11.3 Å². The molecular weight excluding hydrogens is 332 g/mol. The molecule has 0 amide bonds. The topological polar surface area (TPSA) is 43.1 Å². The molecule has 5 rings (SSSR count). The van der Waals surface area contributed by atoms with E-state index in [0.717, 1.165) is 22.2 Å². The second-order valence-electron chi connectivity index (χ2n) is 7.98. The van der Waals surface area contributed by atoms with E-state index in [1.54, 1.807) is 6.20 Å². The molecule has 0 atom stereocenters. The first kappa shape index (κ1) is 15.9. The van der Waals surface area contributed by atoms with Gasteiger partial charge in [0.05, 0.1) is 11.2 Å². The third-order valence-electron chi connectivity index (χ3n) is 5.08. The maximum absolute atomic E-state index is 4.72. The first-order valence-corrected chi connectivity index (χ1v) is 9.12. The molecule has 132 valence electrons. The van der Waals surface area contributed by atoms with Gasteiger partial charge in [0, 0.05) is 35.7 Å². The van der Waals surface area contributed by atoms with Crippen molar-refractivity contribution in [1.82, 2.24) is 19.4 Å². The zero-order chi connectivity index (χ0) is 18.6. The normalized spacial score (nSPS) is 12.3. The minimum absolute atomic E-state index is 0.0496. The standard InChI is InChI=1S/C23H20N4/c1-23(2,3)19-11-16(10-15-6-4-5-7-18(15)19)20-12-21-17(13-25-20)14-26-22-24-8-9-27(21)22/h4-14H,1-3H3. The Hall–Kier alpha value is -3.27. The third kappa shape index (κ3) is 2.56. The zero-order valence-corrected chi connectivity index (χ0v) is 15.6. The fraction of sp³-hybridized carbons (Fsp3) is 0.174. The Morgan fingerprint density at radius 2 is 1.67 bits per heavy atom. The van der Waals surface area contributed by atoms with Gasteiger partial charge in [-0.05, 0) is 39.9 Å². The summed E-state index contributed by atoms with van der Waals surface area (Å²) in [5.74, 6) is 0.702. The molecule has 0 saturated carbocycles. The molecule has 0 aliphatic heterocycles. The maximum Gasteiger partial charge on any atom is 0.234 e. The molecule has 4 nitrogen and oxygen atoms in total. The Morgan fingerprint density at radius 1 is 0.852 bits per heavy atom. The Balaban J connectivity index is 1.80. The van der Waals surface area contributed by atoms with Crippen LogP contribution in [0.5, 0.6) is 0 Å². The van der Waals surface area contributed by atoms with Crippen LogP contribution in [0.25, 0.3) is 38.7 Å². The SMILES string of the molecule is CC(C)(C)c1cc(-c2cc3c(cn2)cnc2nccn23)cc2ccccc12. The van der Waals surface area contributed by atoms with E-state index in [2.05, 4.69) is 73.2 Å². The quantitative estimate of drug-likeness (QED) is 0.406. The van der Waals surface area contributed by atoms with E-state index >= 15 is 0 Å². The fourth-order valence-electron chi connectivity index (χ4n) is 3.71. The Labute approximate surface area is 157 Å². The monoisotopic (exact) mass is 352 g/mol. The van der Waals surface area contributed by atoms with E-state index in [0.29, 0.717) is 5.78 Å². The van der Waals surface area contributed by atoms with Crippen molar-refractivity contribution >= 4 is 27.5 Å². The fourth-order valence-corrected chi connectivity index (χ4v) is 3.71. The third-order valence-corrected chi connectivity index (χ3v) is 5.08. The van der Waals surface area contributed by atoms with E-state index in [1.807, 2.05) is 23.0 Å². The number of benzene rings is 2. The molecule has 2 aromatic carbocycles. The zero-order valence-electron chi connectivity index (χ0n) is 15.6. The lowest BCUT2D eigenvalue weighted by atomic mass is 9.82. The molecule has 3 aromatic heterocycles. The molecule has 0 unspecified atom stereocenters. The summed E-state index contributed by atoms with van der Waals surface area (Å²) in [5.41, 5.74) is 4.53. The van der Waals surface area contributed by atoms with Gasteiger partial charge in [0.1, 0.15) is 0 Å². The molecule has 0 fully saturated rings. The second kappa shape index (κ2) is 5.61. The molecule has 0 saturated heterocycles. The van der Waals surface area contributed by atoms with Gasteiger partial charge in [-0.3, -0.25) is 9.38 Å². The van der Waals surface area contributed by atoms with Crippen LogP contribution in [0, 0.1) is 0 Å². The predicted molar refractivity (Wildman–Crippen MR) is 110 cm³/mol. The highest BCUT2D eigenvalue weighted by atomic mass is 15.1. The molecule has 3 heterocycles. The van der Waals surface area contributed by atoms with Crippen molar-refractivity contribution in [2.75, 3.05) is 0 Å². The van der Waals surface area contributed by atoms with Crippen LogP contribution in [0.2, 0.25) is 0 Å². The van der Waals surface area contributed by atoms with Crippen molar-refractivity contribution < 1.29 is 0 Å². The van der Waals surface area contributed by atoms with E-state index in [1.165, 1.54) is 16.3 Å². The highest BCUT2D eigenvalue weighted by Gasteiger charge is 2.18. The molecule has 0 spiro atoms. The summed E-state index contributed by atoms with van der Waals surface area (Å²) < 4.78 is 2.01. The molecule has 27 heavy (non-hydrogen) atoms. The van der Waals surface area contributed by atoms with Crippen LogP contribution in [-0.4, -0.2) is 19.4 Å². The van der Waals surface area contributed by atoms with Gasteiger partial charge in [0.15, 0.2) is 0 Å². The van der Waals surface area contributed by atoms with Gasteiger partial charge >= 0.3 is 0 Å². The van der Waals surface area contributed by atoms with Gasteiger partial charge in [-0.2, -0.15) is 0 Å². The number of hydrogen-bond donors (Lipinski definition) is 0. The predicted octanol–water partition coefficient (Wildman–Crippen LogP) is 5.40. The van der Waals surface area contributed by atoms with Crippen LogP contribution < -0.4 is 0 Å². The Kier molecular flexibility index (Phi) is 3.31. The Morgan fingerprint density at radius 3 is 2.52 bits per heavy atom. The molecule has 4 heteroatoms. The number of fused-ring (bicyclic) bond motifs is 4. The molecule has 0 aliphatic rings. The van der Waals surface area contributed by atoms with Gasteiger partial charge in [-0.15, -0.1) is 0 Å². The second-order valence-corrected chi connectivity index (χ2v) is 7.98. The van der Waals surface area contributed by atoms with Crippen LogP contribution in [0.15, 0.2) is 67.3 Å². The van der Waals surface area contributed by atoms with Crippen molar-refractivity contribution in [3.05, 3.63) is 72.8 Å². The largest absolute Gasteiger partial charge is 0.284 e. The van der Waals surface area contributed by atoms with Crippen LogP contribution >= 0.6 is 0 Å². The molecule has 0 N–H and O–H groups in total. The number of aromatic nitrogens is 4. The van der Waals surface area contributed by atoms with Crippen LogP contribution in [0.1, 0.15) is 26.3 Å². The highest BCUT2D eigenvalue weighted by Crippen LogP contribution is 2.34.